The highest BCUT2D eigenvalue weighted by atomic mass is 32.1. The summed E-state index contributed by atoms with van der Waals surface area (Å²) in [4.78, 5) is 4.77. The lowest BCUT2D eigenvalue weighted by Gasteiger charge is -2.30. The lowest BCUT2D eigenvalue weighted by molar-refractivity contribution is 0.487. The summed E-state index contributed by atoms with van der Waals surface area (Å²) in [6.45, 7) is 0. The summed E-state index contributed by atoms with van der Waals surface area (Å²) in [5.41, 5.74) is 13.4. The van der Waals surface area contributed by atoms with Crippen LogP contribution in [0.1, 0.15) is 0 Å². The molecule has 0 unspecified atom stereocenters. The van der Waals surface area contributed by atoms with E-state index in [4.69, 9.17) is 4.74 Å². The molecule has 4 heteroatoms. The van der Waals surface area contributed by atoms with Gasteiger partial charge in [0.25, 0.3) is 0 Å². The summed E-state index contributed by atoms with van der Waals surface area (Å²) in [5.74, 6) is 1.69. The minimum Gasteiger partial charge on any atom is -0.456 e. The molecule has 66 heavy (non-hydrogen) atoms. The fraction of sp³-hybridized carbons (Fsp3) is 0. The molecule has 1 aliphatic rings. The van der Waals surface area contributed by atoms with Crippen LogP contribution in [0.3, 0.4) is 0 Å². The van der Waals surface area contributed by atoms with Gasteiger partial charge in [-0.1, -0.05) is 152 Å². The number of hydrogen-bond acceptors (Lipinski definition) is 4. The molecule has 3 nitrogen and oxygen atoms in total. The molecule has 1 aliphatic heterocycles. The average molecular weight is 861 g/mol. The predicted octanol–water partition coefficient (Wildman–Crippen LogP) is 18.4. The van der Waals surface area contributed by atoms with Gasteiger partial charge in [0.1, 0.15) is 11.5 Å². The summed E-state index contributed by atoms with van der Waals surface area (Å²) in [6, 6.07) is 87.5. The third-order valence-electron chi connectivity index (χ3n) is 13.0. The van der Waals surface area contributed by atoms with Crippen molar-refractivity contribution in [1.82, 2.24) is 0 Å². The van der Waals surface area contributed by atoms with Gasteiger partial charge >= 0.3 is 0 Å². The van der Waals surface area contributed by atoms with Gasteiger partial charge in [-0.3, -0.25) is 0 Å². The van der Waals surface area contributed by atoms with Crippen molar-refractivity contribution in [3.8, 4) is 44.9 Å². The van der Waals surface area contributed by atoms with Gasteiger partial charge in [-0.05, 0) is 118 Å². The molecule has 0 atom stereocenters. The molecular formula is C62H40N2OS. The van der Waals surface area contributed by atoms with Gasteiger partial charge in [0.05, 0.1) is 11.4 Å². The quantitative estimate of drug-likeness (QED) is 0.142. The van der Waals surface area contributed by atoms with Gasteiger partial charge in [0, 0.05) is 71.1 Å². The van der Waals surface area contributed by atoms with Crippen LogP contribution < -0.4 is 14.5 Å². The molecule has 0 radical (unpaired) electrons. The fourth-order valence-electron chi connectivity index (χ4n) is 10.0. The number of nitrogens with zero attached hydrogens (tertiary/aromatic N) is 2. The number of fused-ring (bicyclic) bond motifs is 7. The number of thiophene rings is 1. The molecule has 13 rings (SSSR count). The molecule has 0 saturated carbocycles. The van der Waals surface area contributed by atoms with Gasteiger partial charge < -0.3 is 14.5 Å². The van der Waals surface area contributed by atoms with E-state index in [1.54, 1.807) is 0 Å². The van der Waals surface area contributed by atoms with Crippen molar-refractivity contribution in [2.75, 3.05) is 9.80 Å². The minimum absolute atomic E-state index is 0.835. The number of benzene rings is 11. The highest BCUT2D eigenvalue weighted by Gasteiger charge is 2.26. The first kappa shape index (κ1) is 38.1. The maximum atomic E-state index is 6.99. The normalized spacial score (nSPS) is 11.8. The van der Waals surface area contributed by atoms with E-state index < -0.39 is 0 Å². The van der Waals surface area contributed by atoms with E-state index in [-0.39, 0.29) is 0 Å². The Hall–Kier alpha value is -8.44. The van der Waals surface area contributed by atoms with Crippen molar-refractivity contribution >= 4 is 87.2 Å². The molecule has 2 heterocycles. The van der Waals surface area contributed by atoms with E-state index in [1.165, 1.54) is 53.2 Å². The topological polar surface area (TPSA) is 15.7 Å². The van der Waals surface area contributed by atoms with Crippen LogP contribution >= 0.6 is 11.3 Å². The number of rotatable bonds is 8. The van der Waals surface area contributed by atoms with Crippen molar-refractivity contribution in [3.63, 3.8) is 0 Å². The van der Waals surface area contributed by atoms with Crippen LogP contribution in [0.2, 0.25) is 0 Å². The lowest BCUT2D eigenvalue weighted by atomic mass is 9.90. The Morgan fingerprint density at radius 2 is 0.848 bits per heavy atom. The molecule has 0 aliphatic carbocycles. The molecule has 310 valence electrons. The maximum absolute atomic E-state index is 6.99. The van der Waals surface area contributed by atoms with Gasteiger partial charge in [-0.2, -0.15) is 0 Å². The van der Waals surface area contributed by atoms with Gasteiger partial charge in [0.2, 0.25) is 0 Å². The van der Waals surface area contributed by atoms with E-state index >= 15 is 0 Å². The van der Waals surface area contributed by atoms with Crippen LogP contribution in [0, 0.1) is 0 Å². The predicted molar refractivity (Wildman–Crippen MR) is 280 cm³/mol. The molecule has 0 spiro atoms. The van der Waals surface area contributed by atoms with E-state index in [0.717, 1.165) is 67.5 Å². The van der Waals surface area contributed by atoms with Gasteiger partial charge in [-0.25, -0.2) is 0 Å². The zero-order valence-electron chi connectivity index (χ0n) is 35.8. The highest BCUT2D eigenvalue weighted by molar-refractivity contribution is 7.25. The maximum Gasteiger partial charge on any atom is 0.137 e. The van der Waals surface area contributed by atoms with Crippen molar-refractivity contribution < 1.29 is 4.74 Å². The number of hydrogen-bond donors (Lipinski definition) is 0. The van der Waals surface area contributed by atoms with Crippen molar-refractivity contribution in [3.05, 3.63) is 243 Å². The monoisotopic (exact) mass is 860 g/mol. The number of anilines is 6. The SMILES string of the molecule is c1ccc(-c2ccccc2N(c2ccccc2)c2ccc3c(c2)Oc2cccc4c2c-3cc2ccc(N(c3ccc5sc6ccccc6c5c3)c3ccccc3-c3ccccc3)cc24)cc1. The molecule has 0 saturated heterocycles. The number of ether oxygens (including phenoxy) is 1. The molecule has 0 fully saturated rings. The van der Waals surface area contributed by atoms with E-state index in [0.29, 0.717) is 0 Å². The van der Waals surface area contributed by atoms with Gasteiger partial charge in [0.15, 0.2) is 0 Å². The summed E-state index contributed by atoms with van der Waals surface area (Å²) in [7, 11) is 0. The molecule has 0 bridgehead atoms. The Kier molecular flexibility index (Phi) is 9.03. The molecule has 12 aromatic rings. The zero-order chi connectivity index (χ0) is 43.6. The summed E-state index contributed by atoms with van der Waals surface area (Å²) >= 11 is 1.85. The second-order valence-corrected chi connectivity index (χ2v) is 17.9. The highest BCUT2D eigenvalue weighted by Crippen LogP contribution is 2.52. The largest absolute Gasteiger partial charge is 0.456 e. The summed E-state index contributed by atoms with van der Waals surface area (Å²) < 4.78 is 9.57. The molecule has 0 amide bonds. The Morgan fingerprint density at radius 3 is 1.58 bits per heavy atom. The van der Waals surface area contributed by atoms with Crippen molar-refractivity contribution in [2.24, 2.45) is 0 Å². The first-order chi connectivity index (χ1) is 32.7. The Balaban J connectivity index is 0.969. The van der Waals surface area contributed by atoms with Crippen LogP contribution in [0.15, 0.2) is 243 Å². The van der Waals surface area contributed by atoms with Crippen molar-refractivity contribution in [2.45, 2.75) is 0 Å². The average Bonchev–Trinajstić information content (AvgIpc) is 3.76. The Morgan fingerprint density at radius 1 is 0.303 bits per heavy atom. The van der Waals surface area contributed by atoms with Crippen molar-refractivity contribution in [1.29, 1.82) is 0 Å². The second-order valence-electron chi connectivity index (χ2n) is 16.8. The van der Waals surface area contributed by atoms with E-state index in [2.05, 4.69) is 252 Å². The van der Waals surface area contributed by atoms with Crippen LogP contribution in [0.4, 0.5) is 34.1 Å². The first-order valence-electron chi connectivity index (χ1n) is 22.4. The van der Waals surface area contributed by atoms with E-state index in [1.807, 2.05) is 11.3 Å². The van der Waals surface area contributed by atoms with Gasteiger partial charge in [-0.15, -0.1) is 11.3 Å². The summed E-state index contributed by atoms with van der Waals surface area (Å²) in [5, 5.41) is 7.19. The number of para-hydroxylation sites is 3. The van der Waals surface area contributed by atoms with Crippen LogP contribution in [0.5, 0.6) is 11.5 Å². The zero-order valence-corrected chi connectivity index (χ0v) is 36.6. The fourth-order valence-corrected chi connectivity index (χ4v) is 11.1. The molecular weight excluding hydrogens is 821 g/mol. The second kappa shape index (κ2) is 15.7. The van der Waals surface area contributed by atoms with Crippen LogP contribution in [-0.4, -0.2) is 0 Å². The van der Waals surface area contributed by atoms with Crippen LogP contribution in [0.25, 0.3) is 75.1 Å². The summed E-state index contributed by atoms with van der Waals surface area (Å²) in [6.07, 6.45) is 0. The minimum atomic E-state index is 0.835. The molecule has 1 aromatic heterocycles. The van der Waals surface area contributed by atoms with E-state index in [9.17, 15) is 0 Å². The molecule has 11 aromatic carbocycles. The Labute approximate surface area is 387 Å². The van der Waals surface area contributed by atoms with Crippen LogP contribution in [-0.2, 0) is 0 Å². The standard InChI is InChI=1S/C62H40N2OS/c1-4-17-41(18-5-1)48-23-10-13-27-56(48)63(44-21-8-3-9-22-44)47-33-35-50-55-37-43-31-32-45(38-53(43)52-26-16-29-58(62(52)55)65-59(50)40-47)64(57-28-14-11-24-49(57)42-19-6-2-7-20-42)46-34-36-61-54(39-46)51-25-12-15-30-60(51)66-61/h1-40H. The Bertz CT molecular complexity index is 3810. The third kappa shape index (κ3) is 6.34. The molecule has 0 N–H and O–H groups in total. The lowest BCUT2D eigenvalue weighted by Crippen LogP contribution is -2.12. The first-order valence-corrected chi connectivity index (χ1v) is 23.2. The third-order valence-corrected chi connectivity index (χ3v) is 14.2. The smallest absolute Gasteiger partial charge is 0.137 e.